The van der Waals surface area contributed by atoms with Crippen molar-refractivity contribution in [2.45, 2.75) is 25.9 Å². The van der Waals surface area contributed by atoms with Gasteiger partial charge in [0.1, 0.15) is 10.8 Å². The second-order valence-electron chi connectivity index (χ2n) is 5.92. The molecule has 2 rings (SSSR count). The van der Waals surface area contributed by atoms with Crippen LogP contribution in [0.2, 0.25) is 0 Å². The van der Waals surface area contributed by atoms with Crippen molar-refractivity contribution in [1.29, 1.82) is 0 Å². The Balaban J connectivity index is 2.25. The third-order valence-electron chi connectivity index (χ3n) is 3.98. The van der Waals surface area contributed by atoms with Gasteiger partial charge in [0, 0.05) is 32.2 Å². The highest BCUT2D eigenvalue weighted by molar-refractivity contribution is 7.80. The van der Waals surface area contributed by atoms with Gasteiger partial charge in [0.2, 0.25) is 5.91 Å². The fraction of sp³-hybridized carbons (Fsp3) is 0.467. The molecular weight excluding hydrogens is 289 g/mol. The Hall–Kier alpha value is -1.53. The van der Waals surface area contributed by atoms with E-state index in [9.17, 15) is 9.18 Å². The van der Waals surface area contributed by atoms with Crippen molar-refractivity contribution >= 4 is 23.1 Å². The maximum Gasteiger partial charge on any atom is 0.242 e. The van der Waals surface area contributed by atoms with Crippen LogP contribution in [0.3, 0.4) is 0 Å². The van der Waals surface area contributed by atoms with Gasteiger partial charge in [-0.3, -0.25) is 9.69 Å². The number of hydrogen-bond acceptors (Lipinski definition) is 3. The van der Waals surface area contributed by atoms with Crippen LogP contribution >= 0.6 is 12.2 Å². The molecule has 1 heterocycles. The van der Waals surface area contributed by atoms with Crippen molar-refractivity contribution in [3.8, 4) is 0 Å². The quantitative estimate of drug-likeness (QED) is 0.860. The summed E-state index contributed by atoms with van der Waals surface area (Å²) < 4.78 is 13.7. The van der Waals surface area contributed by atoms with Crippen LogP contribution < -0.4 is 5.73 Å². The Morgan fingerprint density at radius 3 is 2.67 bits per heavy atom. The van der Waals surface area contributed by atoms with E-state index in [1.807, 2.05) is 18.7 Å². The molecule has 0 saturated carbocycles. The van der Waals surface area contributed by atoms with Gasteiger partial charge in [-0.15, -0.1) is 0 Å². The highest BCUT2D eigenvalue weighted by atomic mass is 32.1. The number of likely N-dealkylation sites (N-methyl/N-ethyl adjacent to an activating group) is 1. The summed E-state index contributed by atoms with van der Waals surface area (Å²) in [4.78, 5) is 16.2. The zero-order chi connectivity index (χ0) is 15.8. The molecule has 1 saturated heterocycles. The van der Waals surface area contributed by atoms with Crippen LogP contribution in [-0.2, 0) is 11.3 Å². The molecule has 114 valence electrons. The van der Waals surface area contributed by atoms with Crippen molar-refractivity contribution in [1.82, 2.24) is 9.80 Å². The van der Waals surface area contributed by atoms with Gasteiger partial charge in [-0.05, 0) is 37.6 Å². The Labute approximate surface area is 129 Å². The lowest BCUT2D eigenvalue weighted by molar-refractivity contribution is -0.147. The summed E-state index contributed by atoms with van der Waals surface area (Å²) in [6, 6.07) is 4.57. The van der Waals surface area contributed by atoms with E-state index in [-0.39, 0.29) is 16.7 Å². The summed E-state index contributed by atoms with van der Waals surface area (Å²) in [5.74, 6) is -0.298. The van der Waals surface area contributed by atoms with E-state index in [0.717, 1.165) is 12.1 Å². The first-order valence-electron chi connectivity index (χ1n) is 6.81. The van der Waals surface area contributed by atoms with Crippen LogP contribution in [0.5, 0.6) is 0 Å². The first kappa shape index (κ1) is 15.9. The Bertz CT molecular complexity index is 588. The molecule has 0 spiro atoms. The average molecular weight is 309 g/mol. The van der Waals surface area contributed by atoms with E-state index in [1.165, 1.54) is 12.1 Å². The maximum absolute atomic E-state index is 13.7. The minimum Gasteiger partial charge on any atom is -0.389 e. The fourth-order valence-electron chi connectivity index (χ4n) is 2.64. The molecule has 1 aliphatic heterocycles. The number of halogens is 1. The zero-order valence-corrected chi connectivity index (χ0v) is 13.3. The molecule has 0 aliphatic carbocycles. The number of benzene rings is 1. The van der Waals surface area contributed by atoms with Gasteiger partial charge in [-0.2, -0.15) is 0 Å². The van der Waals surface area contributed by atoms with E-state index in [4.69, 9.17) is 18.0 Å². The number of thiocarbonyl (C=S) groups is 1. The van der Waals surface area contributed by atoms with Crippen molar-refractivity contribution in [3.63, 3.8) is 0 Å². The molecular formula is C15H20FN3OS. The lowest BCUT2D eigenvalue weighted by Gasteiger charge is -2.44. The van der Waals surface area contributed by atoms with Crippen LogP contribution in [0, 0.1) is 5.82 Å². The van der Waals surface area contributed by atoms with Crippen molar-refractivity contribution in [2.75, 3.05) is 20.1 Å². The van der Waals surface area contributed by atoms with Crippen LogP contribution in [-0.4, -0.2) is 46.4 Å². The zero-order valence-electron chi connectivity index (χ0n) is 12.5. The molecule has 1 amide bonds. The minimum absolute atomic E-state index is 0.0692. The molecule has 2 N–H and O–H groups in total. The Morgan fingerprint density at radius 1 is 1.38 bits per heavy atom. The summed E-state index contributed by atoms with van der Waals surface area (Å²) in [6.45, 7) is 5.67. The van der Waals surface area contributed by atoms with Crippen molar-refractivity contribution in [2.24, 2.45) is 5.73 Å². The number of carbonyl (C=O) groups excluding carboxylic acids is 1. The molecule has 1 aromatic carbocycles. The van der Waals surface area contributed by atoms with Gasteiger partial charge in [-0.1, -0.05) is 12.2 Å². The molecule has 0 bridgehead atoms. The van der Waals surface area contributed by atoms with E-state index < -0.39 is 5.54 Å². The lowest BCUT2D eigenvalue weighted by Crippen LogP contribution is -2.61. The standard InChI is InChI=1S/C15H20FN3OS/c1-15(2)14(20)18(3)4-5-19(15)9-10-6-11(13(17)21)8-12(16)7-10/h6-8H,4-5,9H2,1-3H3,(H2,17,21). The van der Waals surface area contributed by atoms with E-state index >= 15 is 0 Å². The number of rotatable bonds is 3. The topological polar surface area (TPSA) is 49.6 Å². The molecule has 0 unspecified atom stereocenters. The molecule has 0 atom stereocenters. The smallest absolute Gasteiger partial charge is 0.242 e. The first-order chi connectivity index (χ1) is 9.71. The monoisotopic (exact) mass is 309 g/mol. The van der Waals surface area contributed by atoms with Crippen LogP contribution in [0.1, 0.15) is 25.0 Å². The van der Waals surface area contributed by atoms with Crippen LogP contribution in [0.4, 0.5) is 4.39 Å². The van der Waals surface area contributed by atoms with Crippen LogP contribution in [0.25, 0.3) is 0 Å². The molecule has 1 aromatic rings. The van der Waals surface area contributed by atoms with E-state index in [2.05, 4.69) is 0 Å². The van der Waals surface area contributed by atoms with Gasteiger partial charge in [0.15, 0.2) is 0 Å². The molecule has 1 fully saturated rings. The van der Waals surface area contributed by atoms with E-state index in [0.29, 0.717) is 18.7 Å². The summed E-state index contributed by atoms with van der Waals surface area (Å²) in [5.41, 5.74) is 6.24. The highest BCUT2D eigenvalue weighted by Crippen LogP contribution is 2.24. The predicted molar refractivity (Wildman–Crippen MR) is 84.4 cm³/mol. The summed E-state index contributed by atoms with van der Waals surface area (Å²) in [7, 11) is 1.80. The molecule has 0 radical (unpaired) electrons. The molecule has 1 aliphatic rings. The summed E-state index contributed by atoms with van der Waals surface area (Å²) in [6.07, 6.45) is 0. The molecule has 0 aromatic heterocycles. The predicted octanol–water partition coefficient (Wildman–Crippen LogP) is 1.51. The number of nitrogens with two attached hydrogens (primary N) is 1. The highest BCUT2D eigenvalue weighted by Gasteiger charge is 2.40. The number of hydrogen-bond donors (Lipinski definition) is 1. The SMILES string of the molecule is CN1CCN(Cc2cc(F)cc(C(N)=S)c2)C(C)(C)C1=O. The third kappa shape index (κ3) is 3.22. The number of carbonyl (C=O) groups is 1. The second-order valence-corrected chi connectivity index (χ2v) is 6.36. The second kappa shape index (κ2) is 5.69. The Morgan fingerprint density at radius 2 is 2.05 bits per heavy atom. The third-order valence-corrected chi connectivity index (χ3v) is 4.22. The number of nitrogens with zero attached hydrogens (tertiary/aromatic N) is 2. The average Bonchev–Trinajstić information content (AvgIpc) is 2.39. The molecule has 6 heteroatoms. The summed E-state index contributed by atoms with van der Waals surface area (Å²) >= 11 is 4.90. The van der Waals surface area contributed by atoms with Gasteiger partial charge in [0.25, 0.3) is 0 Å². The molecule has 21 heavy (non-hydrogen) atoms. The number of piperazine rings is 1. The van der Waals surface area contributed by atoms with E-state index in [1.54, 1.807) is 18.0 Å². The van der Waals surface area contributed by atoms with Gasteiger partial charge in [0.05, 0.1) is 5.54 Å². The normalized spacial score (nSPS) is 18.9. The summed E-state index contributed by atoms with van der Waals surface area (Å²) in [5, 5.41) is 0. The number of amides is 1. The maximum atomic E-state index is 13.7. The Kier molecular flexibility index (Phi) is 4.30. The van der Waals surface area contributed by atoms with Crippen molar-refractivity contribution < 1.29 is 9.18 Å². The van der Waals surface area contributed by atoms with Gasteiger partial charge >= 0.3 is 0 Å². The molecule has 4 nitrogen and oxygen atoms in total. The van der Waals surface area contributed by atoms with Gasteiger partial charge in [-0.25, -0.2) is 4.39 Å². The first-order valence-corrected chi connectivity index (χ1v) is 7.22. The lowest BCUT2D eigenvalue weighted by atomic mass is 9.96. The minimum atomic E-state index is -0.608. The largest absolute Gasteiger partial charge is 0.389 e. The van der Waals surface area contributed by atoms with Gasteiger partial charge < -0.3 is 10.6 Å². The fourth-order valence-corrected chi connectivity index (χ4v) is 2.75. The van der Waals surface area contributed by atoms with Crippen LogP contribution in [0.15, 0.2) is 18.2 Å². The van der Waals surface area contributed by atoms with Crippen molar-refractivity contribution in [3.05, 3.63) is 35.1 Å².